The van der Waals surface area contributed by atoms with E-state index in [4.69, 9.17) is 15.2 Å². The summed E-state index contributed by atoms with van der Waals surface area (Å²) in [6.45, 7) is 0. The van der Waals surface area contributed by atoms with Gasteiger partial charge >= 0.3 is 0 Å². The number of nitrogens with two attached hydrogens (primary N) is 1. The van der Waals surface area contributed by atoms with Crippen LogP contribution in [0.25, 0.3) is 0 Å². The number of methoxy groups -OCH3 is 2. The zero-order chi connectivity index (χ0) is 14.5. The van der Waals surface area contributed by atoms with E-state index in [1.807, 2.05) is 18.2 Å². The van der Waals surface area contributed by atoms with E-state index < -0.39 is 5.82 Å². The molecule has 0 spiro atoms. The fourth-order valence-electron chi connectivity index (χ4n) is 1.75. The minimum Gasteiger partial charge on any atom is -0.497 e. The lowest BCUT2D eigenvalue weighted by molar-refractivity contribution is 0.400. The van der Waals surface area contributed by atoms with Crippen LogP contribution in [0.1, 0.15) is 5.56 Å². The highest BCUT2D eigenvalue weighted by atomic mass is 32.2. The van der Waals surface area contributed by atoms with E-state index in [1.165, 1.54) is 17.8 Å². The third-order valence-electron chi connectivity index (χ3n) is 2.85. The maximum atomic E-state index is 13.4. The molecule has 2 aromatic carbocycles. The number of halogens is 1. The highest BCUT2D eigenvalue weighted by Crippen LogP contribution is 2.31. The Labute approximate surface area is 121 Å². The zero-order valence-corrected chi connectivity index (χ0v) is 12.2. The van der Waals surface area contributed by atoms with Crippen LogP contribution in [0.5, 0.6) is 11.5 Å². The summed E-state index contributed by atoms with van der Waals surface area (Å²) in [7, 11) is 3.24. The van der Waals surface area contributed by atoms with Crippen molar-refractivity contribution in [3.63, 3.8) is 0 Å². The van der Waals surface area contributed by atoms with Crippen LogP contribution in [0.15, 0.2) is 41.3 Å². The van der Waals surface area contributed by atoms with Crippen molar-refractivity contribution in [2.24, 2.45) is 0 Å². The van der Waals surface area contributed by atoms with E-state index in [9.17, 15) is 4.39 Å². The molecule has 0 radical (unpaired) electrons. The van der Waals surface area contributed by atoms with E-state index in [0.717, 1.165) is 22.0 Å². The lowest BCUT2D eigenvalue weighted by atomic mass is 10.2. The van der Waals surface area contributed by atoms with Gasteiger partial charge in [-0.15, -0.1) is 11.8 Å². The molecule has 0 fully saturated rings. The van der Waals surface area contributed by atoms with Crippen LogP contribution in [0, 0.1) is 5.82 Å². The largest absolute Gasteiger partial charge is 0.497 e. The molecule has 0 aliphatic carbocycles. The smallest absolute Gasteiger partial charge is 0.147 e. The van der Waals surface area contributed by atoms with E-state index in [0.29, 0.717) is 5.75 Å². The van der Waals surface area contributed by atoms with Crippen molar-refractivity contribution in [3.8, 4) is 11.5 Å². The van der Waals surface area contributed by atoms with Crippen molar-refractivity contribution in [2.75, 3.05) is 20.0 Å². The van der Waals surface area contributed by atoms with Gasteiger partial charge in [-0.05, 0) is 36.4 Å². The summed E-state index contributed by atoms with van der Waals surface area (Å²) in [5, 5.41) is 0. The molecular formula is C15H16FNO2S. The van der Waals surface area contributed by atoms with Crippen molar-refractivity contribution >= 4 is 17.4 Å². The molecule has 2 rings (SSSR count). The molecule has 106 valence electrons. The predicted molar refractivity (Wildman–Crippen MR) is 79.9 cm³/mol. The van der Waals surface area contributed by atoms with E-state index in [1.54, 1.807) is 26.4 Å². The Morgan fingerprint density at radius 3 is 2.55 bits per heavy atom. The second-order valence-corrected chi connectivity index (χ2v) is 5.20. The molecule has 0 saturated heterocycles. The van der Waals surface area contributed by atoms with Gasteiger partial charge in [0, 0.05) is 16.2 Å². The second-order valence-electron chi connectivity index (χ2n) is 4.15. The molecular weight excluding hydrogens is 277 g/mol. The maximum absolute atomic E-state index is 13.4. The molecule has 0 bridgehead atoms. The molecule has 2 aromatic rings. The average molecular weight is 293 g/mol. The molecule has 20 heavy (non-hydrogen) atoms. The summed E-state index contributed by atoms with van der Waals surface area (Å²) in [5.74, 6) is 1.82. The van der Waals surface area contributed by atoms with Crippen molar-refractivity contribution in [1.82, 2.24) is 0 Å². The van der Waals surface area contributed by atoms with Gasteiger partial charge in [0.15, 0.2) is 0 Å². The minimum atomic E-state index is -0.396. The predicted octanol–water partition coefficient (Wildman–Crippen LogP) is 3.72. The molecule has 0 saturated carbocycles. The average Bonchev–Trinajstić information content (AvgIpc) is 2.48. The Kier molecular flexibility index (Phi) is 4.74. The molecule has 5 heteroatoms. The number of anilines is 1. The fourth-order valence-corrected chi connectivity index (χ4v) is 2.65. The number of ether oxygens (including phenoxy) is 2. The Morgan fingerprint density at radius 1 is 1.10 bits per heavy atom. The Morgan fingerprint density at radius 2 is 1.90 bits per heavy atom. The Balaban J connectivity index is 2.15. The molecule has 0 heterocycles. The molecule has 3 nitrogen and oxygen atoms in total. The number of nitrogen functional groups attached to an aromatic ring is 1. The van der Waals surface area contributed by atoms with Gasteiger partial charge in [-0.25, -0.2) is 4.39 Å². The van der Waals surface area contributed by atoms with E-state index in [-0.39, 0.29) is 5.69 Å². The maximum Gasteiger partial charge on any atom is 0.147 e. The van der Waals surface area contributed by atoms with Crippen molar-refractivity contribution in [2.45, 2.75) is 10.6 Å². The second kappa shape index (κ2) is 6.52. The highest BCUT2D eigenvalue weighted by molar-refractivity contribution is 7.98. The topological polar surface area (TPSA) is 44.5 Å². The summed E-state index contributed by atoms with van der Waals surface area (Å²) in [4.78, 5) is 0.821. The number of thioether (sulfide) groups is 1. The van der Waals surface area contributed by atoms with Crippen LogP contribution >= 0.6 is 11.8 Å². The quantitative estimate of drug-likeness (QED) is 0.674. The van der Waals surface area contributed by atoms with Crippen molar-refractivity contribution < 1.29 is 13.9 Å². The van der Waals surface area contributed by atoms with Crippen molar-refractivity contribution in [3.05, 3.63) is 47.8 Å². The van der Waals surface area contributed by atoms with Crippen LogP contribution in [-0.4, -0.2) is 14.2 Å². The summed E-state index contributed by atoms with van der Waals surface area (Å²) in [6, 6.07) is 10.4. The third-order valence-corrected chi connectivity index (χ3v) is 3.90. The van der Waals surface area contributed by atoms with Gasteiger partial charge in [0.2, 0.25) is 0 Å². The standard InChI is InChI=1S/C15H16FNO2S/c1-18-11-3-6-15(19-2)10(7-11)9-20-12-4-5-14(17)13(16)8-12/h3-8H,9,17H2,1-2H3. The molecule has 0 amide bonds. The fraction of sp³-hybridized carbons (Fsp3) is 0.200. The number of hydrogen-bond donors (Lipinski definition) is 1. The first-order valence-electron chi connectivity index (χ1n) is 6.02. The molecule has 0 atom stereocenters. The normalized spacial score (nSPS) is 10.3. The molecule has 0 aliphatic heterocycles. The van der Waals surface area contributed by atoms with E-state index in [2.05, 4.69) is 0 Å². The lowest BCUT2D eigenvalue weighted by Gasteiger charge is -2.10. The van der Waals surface area contributed by atoms with Crippen molar-refractivity contribution in [1.29, 1.82) is 0 Å². The molecule has 2 N–H and O–H groups in total. The monoisotopic (exact) mass is 293 g/mol. The summed E-state index contributed by atoms with van der Waals surface area (Å²) < 4.78 is 23.9. The van der Waals surface area contributed by atoms with Crippen LogP contribution < -0.4 is 15.2 Å². The van der Waals surface area contributed by atoms with Crippen LogP contribution in [0.3, 0.4) is 0 Å². The number of hydrogen-bond acceptors (Lipinski definition) is 4. The van der Waals surface area contributed by atoms with E-state index >= 15 is 0 Å². The minimum absolute atomic E-state index is 0.160. The first-order chi connectivity index (χ1) is 9.63. The Hall–Kier alpha value is -1.88. The van der Waals surface area contributed by atoms with Gasteiger partial charge in [-0.1, -0.05) is 0 Å². The van der Waals surface area contributed by atoms with Gasteiger partial charge in [-0.3, -0.25) is 0 Å². The SMILES string of the molecule is COc1ccc(OC)c(CSc2ccc(N)c(F)c2)c1. The Bertz CT molecular complexity index is 604. The van der Waals surface area contributed by atoms with Gasteiger partial charge in [-0.2, -0.15) is 0 Å². The molecule has 0 aromatic heterocycles. The van der Waals surface area contributed by atoms with Crippen LogP contribution in [0.2, 0.25) is 0 Å². The number of benzene rings is 2. The molecule has 0 unspecified atom stereocenters. The summed E-state index contributed by atoms with van der Waals surface area (Å²) in [6.07, 6.45) is 0. The van der Waals surface area contributed by atoms with Gasteiger partial charge < -0.3 is 15.2 Å². The molecule has 0 aliphatic rings. The van der Waals surface area contributed by atoms with Gasteiger partial charge in [0.05, 0.1) is 19.9 Å². The first kappa shape index (κ1) is 14.5. The zero-order valence-electron chi connectivity index (χ0n) is 11.4. The third kappa shape index (κ3) is 3.36. The lowest BCUT2D eigenvalue weighted by Crippen LogP contribution is -1.93. The van der Waals surface area contributed by atoms with Gasteiger partial charge in [0.1, 0.15) is 17.3 Å². The number of rotatable bonds is 5. The van der Waals surface area contributed by atoms with Crippen LogP contribution in [-0.2, 0) is 5.75 Å². The highest BCUT2D eigenvalue weighted by Gasteiger charge is 2.07. The summed E-state index contributed by atoms with van der Waals surface area (Å²) >= 11 is 1.51. The van der Waals surface area contributed by atoms with Crippen LogP contribution in [0.4, 0.5) is 10.1 Å². The van der Waals surface area contributed by atoms with Gasteiger partial charge in [0.25, 0.3) is 0 Å². The first-order valence-corrected chi connectivity index (χ1v) is 7.01. The summed E-state index contributed by atoms with van der Waals surface area (Å²) in [5.41, 5.74) is 6.61.